The Kier molecular flexibility index (Phi) is 10.2. The Morgan fingerprint density at radius 2 is 1.90 bits per heavy atom. The Labute approximate surface area is 189 Å². The summed E-state index contributed by atoms with van der Waals surface area (Å²) in [7, 11) is -2.16. The third-order valence-electron chi connectivity index (χ3n) is 3.72. The molecule has 0 aromatic heterocycles. The van der Waals surface area contributed by atoms with Crippen LogP contribution in [0.25, 0.3) is 0 Å². The van der Waals surface area contributed by atoms with Gasteiger partial charge in [-0.25, -0.2) is 18.5 Å². The first-order chi connectivity index (χ1) is 13.4. The van der Waals surface area contributed by atoms with E-state index in [1.165, 1.54) is 12.1 Å². The van der Waals surface area contributed by atoms with Crippen molar-refractivity contribution in [2.24, 2.45) is 10.1 Å². The highest BCUT2D eigenvalue weighted by Crippen LogP contribution is 2.30. The molecular weight excluding hydrogens is 507 g/mol. The van der Waals surface area contributed by atoms with Crippen LogP contribution in [0.4, 0.5) is 5.69 Å². The Morgan fingerprint density at radius 3 is 2.52 bits per heavy atom. The van der Waals surface area contributed by atoms with E-state index in [4.69, 9.17) is 14.6 Å². The number of primary sulfonamides is 1. The summed E-state index contributed by atoms with van der Waals surface area (Å²) in [5.41, 5.74) is 1.51. The highest BCUT2D eigenvalue weighted by atomic mass is 127. The maximum Gasteiger partial charge on any atom is 0.238 e. The van der Waals surface area contributed by atoms with Crippen molar-refractivity contribution in [3.8, 4) is 11.5 Å². The van der Waals surface area contributed by atoms with Gasteiger partial charge < -0.3 is 20.1 Å². The lowest BCUT2D eigenvalue weighted by molar-refractivity contribution is 0.311. The van der Waals surface area contributed by atoms with Crippen molar-refractivity contribution in [2.75, 3.05) is 25.6 Å². The monoisotopic (exact) mass is 534 g/mol. The number of rotatable bonds is 8. The molecule has 0 bridgehead atoms. The van der Waals surface area contributed by atoms with E-state index in [9.17, 15) is 8.42 Å². The number of anilines is 1. The summed E-state index contributed by atoms with van der Waals surface area (Å²) < 4.78 is 33.9. The summed E-state index contributed by atoms with van der Waals surface area (Å²) in [6, 6.07) is 11.9. The second kappa shape index (κ2) is 11.8. The molecule has 0 saturated heterocycles. The van der Waals surface area contributed by atoms with Crippen LogP contribution in [0.5, 0.6) is 11.5 Å². The lowest BCUT2D eigenvalue weighted by Gasteiger charge is -2.14. The Bertz CT molecular complexity index is 936. The van der Waals surface area contributed by atoms with Gasteiger partial charge in [0.15, 0.2) is 17.5 Å². The molecule has 2 aromatic carbocycles. The largest absolute Gasteiger partial charge is 0.493 e. The van der Waals surface area contributed by atoms with Gasteiger partial charge in [-0.05, 0) is 43.7 Å². The number of methoxy groups -OCH3 is 1. The van der Waals surface area contributed by atoms with Crippen LogP contribution < -0.4 is 25.2 Å². The highest BCUT2D eigenvalue weighted by Gasteiger charge is 2.09. The van der Waals surface area contributed by atoms with Gasteiger partial charge in [0, 0.05) is 18.3 Å². The van der Waals surface area contributed by atoms with Crippen molar-refractivity contribution in [1.29, 1.82) is 0 Å². The minimum atomic E-state index is -3.74. The molecule has 8 nitrogen and oxygen atoms in total. The summed E-state index contributed by atoms with van der Waals surface area (Å²) >= 11 is 0. The highest BCUT2D eigenvalue weighted by molar-refractivity contribution is 14.0. The minimum Gasteiger partial charge on any atom is -0.493 e. The van der Waals surface area contributed by atoms with Crippen LogP contribution in [-0.2, 0) is 16.6 Å². The summed E-state index contributed by atoms with van der Waals surface area (Å²) in [6.07, 6.45) is 0. The third kappa shape index (κ3) is 7.71. The number of nitrogens with one attached hydrogen (secondary N) is 2. The SMILES string of the molecule is CCNC(=NCc1cccc(S(N)(=O)=O)c1)Nc1ccc(OCC)c(OC)c1.I. The smallest absolute Gasteiger partial charge is 0.238 e. The maximum absolute atomic E-state index is 11.5. The second-order valence-corrected chi connectivity index (χ2v) is 7.37. The molecule has 4 N–H and O–H groups in total. The lowest BCUT2D eigenvalue weighted by Crippen LogP contribution is -2.30. The molecule has 0 heterocycles. The minimum absolute atomic E-state index is 0. The van der Waals surface area contributed by atoms with Crippen molar-refractivity contribution in [3.63, 3.8) is 0 Å². The van der Waals surface area contributed by atoms with Gasteiger partial charge in [-0.1, -0.05) is 12.1 Å². The first-order valence-electron chi connectivity index (χ1n) is 8.85. The molecule has 29 heavy (non-hydrogen) atoms. The number of sulfonamides is 1. The number of benzene rings is 2. The molecule has 2 aromatic rings. The van der Waals surface area contributed by atoms with Crippen molar-refractivity contribution in [1.82, 2.24) is 5.32 Å². The quantitative estimate of drug-likeness (QED) is 0.273. The number of nitrogens with zero attached hydrogens (tertiary/aromatic N) is 1. The Morgan fingerprint density at radius 1 is 1.14 bits per heavy atom. The van der Waals surface area contributed by atoms with E-state index in [-0.39, 0.29) is 35.4 Å². The summed E-state index contributed by atoms with van der Waals surface area (Å²) in [6.45, 7) is 5.36. The van der Waals surface area contributed by atoms with Crippen LogP contribution in [0.3, 0.4) is 0 Å². The lowest BCUT2D eigenvalue weighted by atomic mass is 10.2. The zero-order valence-electron chi connectivity index (χ0n) is 16.6. The molecule has 0 radical (unpaired) electrons. The average Bonchev–Trinajstić information content (AvgIpc) is 2.67. The van der Waals surface area contributed by atoms with Gasteiger partial charge >= 0.3 is 0 Å². The fourth-order valence-electron chi connectivity index (χ4n) is 2.46. The second-order valence-electron chi connectivity index (χ2n) is 5.81. The van der Waals surface area contributed by atoms with E-state index < -0.39 is 10.0 Å². The number of guanidine groups is 1. The van der Waals surface area contributed by atoms with Gasteiger partial charge in [0.1, 0.15) is 0 Å². The number of aliphatic imine (C=N–C) groups is 1. The predicted octanol–water partition coefficient (Wildman–Crippen LogP) is 2.94. The molecule has 0 unspecified atom stereocenters. The standard InChI is InChI=1S/C19H26N4O4S.HI/c1-4-21-19(22-13-14-7-6-8-16(11-14)28(20,24)25)23-15-9-10-17(27-5-2)18(12-15)26-3;/h6-12H,4-5,13H2,1-3H3,(H2,20,24,25)(H2,21,22,23);1H. The average molecular weight is 534 g/mol. The first-order valence-corrected chi connectivity index (χ1v) is 10.4. The fraction of sp³-hybridized carbons (Fsp3) is 0.316. The van der Waals surface area contributed by atoms with Crippen LogP contribution >= 0.6 is 24.0 Å². The molecule has 10 heteroatoms. The van der Waals surface area contributed by atoms with Crippen LogP contribution in [0, 0.1) is 0 Å². The third-order valence-corrected chi connectivity index (χ3v) is 4.63. The Balaban J connectivity index is 0.00000420. The van der Waals surface area contributed by atoms with Crippen LogP contribution in [0.2, 0.25) is 0 Å². The van der Waals surface area contributed by atoms with E-state index in [0.717, 1.165) is 11.3 Å². The summed E-state index contributed by atoms with van der Waals surface area (Å²) in [5.74, 6) is 1.83. The van der Waals surface area contributed by atoms with Crippen LogP contribution in [0.1, 0.15) is 19.4 Å². The molecule has 0 fully saturated rings. The molecule has 0 spiro atoms. The summed E-state index contributed by atoms with van der Waals surface area (Å²) in [5, 5.41) is 11.5. The topological polar surface area (TPSA) is 115 Å². The molecule has 0 amide bonds. The molecule has 0 atom stereocenters. The predicted molar refractivity (Wildman–Crippen MR) is 126 cm³/mol. The summed E-state index contributed by atoms with van der Waals surface area (Å²) in [4.78, 5) is 4.57. The van der Waals surface area contributed by atoms with Gasteiger partial charge in [-0.3, -0.25) is 0 Å². The van der Waals surface area contributed by atoms with E-state index in [2.05, 4.69) is 15.6 Å². The van der Waals surface area contributed by atoms with Gasteiger partial charge in [0.05, 0.1) is 25.2 Å². The van der Waals surface area contributed by atoms with Gasteiger partial charge in [0.2, 0.25) is 10.0 Å². The van der Waals surface area contributed by atoms with E-state index in [0.29, 0.717) is 30.6 Å². The van der Waals surface area contributed by atoms with Crippen molar-refractivity contribution in [2.45, 2.75) is 25.3 Å². The number of halogens is 1. The van der Waals surface area contributed by atoms with Crippen LogP contribution in [0.15, 0.2) is 52.4 Å². The molecule has 160 valence electrons. The normalized spacial score (nSPS) is 11.4. The number of hydrogen-bond acceptors (Lipinski definition) is 5. The number of nitrogens with two attached hydrogens (primary N) is 1. The Hall–Kier alpha value is -2.05. The molecule has 0 aliphatic heterocycles. The van der Waals surface area contributed by atoms with Crippen molar-refractivity contribution in [3.05, 3.63) is 48.0 Å². The molecule has 2 rings (SSSR count). The first kappa shape index (κ1) is 25.0. The number of ether oxygens (including phenoxy) is 2. The molecule has 0 aliphatic carbocycles. The number of hydrogen-bond donors (Lipinski definition) is 3. The van der Waals surface area contributed by atoms with Gasteiger partial charge in [0.25, 0.3) is 0 Å². The molecule has 0 saturated carbocycles. The zero-order chi connectivity index (χ0) is 20.6. The van der Waals surface area contributed by atoms with Gasteiger partial charge in [-0.2, -0.15) is 0 Å². The fourth-order valence-corrected chi connectivity index (χ4v) is 3.04. The van der Waals surface area contributed by atoms with Gasteiger partial charge in [-0.15, -0.1) is 24.0 Å². The van der Waals surface area contributed by atoms with E-state index >= 15 is 0 Å². The molecular formula is C19H27IN4O4S. The molecule has 0 aliphatic rings. The van der Waals surface area contributed by atoms with E-state index in [1.807, 2.05) is 32.0 Å². The van der Waals surface area contributed by atoms with Crippen molar-refractivity contribution >= 4 is 45.6 Å². The zero-order valence-corrected chi connectivity index (χ0v) is 19.8. The van der Waals surface area contributed by atoms with Crippen molar-refractivity contribution < 1.29 is 17.9 Å². The van der Waals surface area contributed by atoms with E-state index in [1.54, 1.807) is 19.2 Å². The maximum atomic E-state index is 11.5. The van der Waals surface area contributed by atoms with Crippen LogP contribution in [-0.4, -0.2) is 34.6 Å².